The van der Waals surface area contributed by atoms with Gasteiger partial charge in [-0.25, -0.2) is 28.8 Å². The van der Waals surface area contributed by atoms with E-state index in [9.17, 15) is 47.9 Å². The van der Waals surface area contributed by atoms with Gasteiger partial charge in [-0.05, 0) is 178 Å². The van der Waals surface area contributed by atoms with Gasteiger partial charge in [-0.3, -0.25) is 24.1 Å². The molecule has 17 N–H and O–H groups in total. The summed E-state index contributed by atoms with van der Waals surface area (Å²) in [6, 6.07) is 38.4. The molecule has 0 aromatic heterocycles. The van der Waals surface area contributed by atoms with E-state index >= 15 is 0 Å². The van der Waals surface area contributed by atoms with Gasteiger partial charge in [0.15, 0.2) is 0 Å². The van der Waals surface area contributed by atoms with E-state index in [-0.39, 0.29) is 43.3 Å². The number of nitrogens with two attached hydrogens (primary N) is 5. The molecule has 0 unspecified atom stereocenters. The molecular formula is C96H169N15O21. The third-order valence-electron chi connectivity index (χ3n) is 16.0. The standard InChI is InChI=1S/C24H39N3O6.C16H25NO2.C14H29N3O4.C14H23N3O2.C10H10O2.C9H19NO2.C5H11NO3.C4H13N3/c1-23(2,3)32-21(29)25-13-16-27(17-14-26-22(30)33-24(4,5)6)15-12-20(28)31-18-19-10-8-7-9-11-19;1-3-11-17(12-4-2)13-10-16(18)19-14-15-8-6-5-7-9-15;1-13(2,3)20-11(18)16-9-7-15-8-10-17-12(19)21-14(4,5)6;15-7-10-17(11-8-16)9-6-14(18)19-12-13-4-2-1-3-5-13;1-2-10(11)12-8-9-6-4-3-5-7-9;1-3-6-10(7-4-2)8-5-9(11)12;1-5(2,3)8-4(7)9-6;5-1-3-7-4-2-6/h7-11H,12-18H2,1-6H3,(H,25,29)(H,26,30);5-9H,3-4,10-14H2,1-2H3;15H,7-10H2,1-6H3,(H,16,18)(H,17,19);1-5H,6-12,15-16H2;2-7H,1,8H2;3-8H2,1-2H3,(H,11,12);6H2,1-3H3;7H,1-6H2. The van der Waals surface area contributed by atoms with Crippen LogP contribution in [0.2, 0.25) is 0 Å². The zero-order valence-electron chi connectivity index (χ0n) is 83.1. The Kier molecular flexibility index (Phi) is 78.2. The highest BCUT2D eigenvalue weighted by atomic mass is 16.8. The van der Waals surface area contributed by atoms with Crippen molar-refractivity contribution >= 4 is 60.4 Å². The fourth-order valence-corrected chi connectivity index (χ4v) is 10.3. The fraction of sp³-hybridized carbons (Fsp3) is 0.625. The molecule has 0 saturated carbocycles. The van der Waals surface area contributed by atoms with E-state index in [0.717, 1.165) is 113 Å². The molecule has 0 saturated heterocycles. The lowest BCUT2D eigenvalue weighted by molar-refractivity contribution is -0.146. The quantitative estimate of drug-likeness (QED) is 0.00642. The molecule has 4 amide bonds. The number of alkyl carbamates (subject to hydrolysis) is 4. The number of ether oxygens (including phenoxy) is 9. The molecule has 0 fully saturated rings. The molecule has 132 heavy (non-hydrogen) atoms. The van der Waals surface area contributed by atoms with E-state index in [1.807, 2.05) is 168 Å². The molecule has 0 heterocycles. The summed E-state index contributed by atoms with van der Waals surface area (Å²) in [5, 5.41) is 25.3. The molecule has 0 atom stereocenters. The summed E-state index contributed by atoms with van der Waals surface area (Å²) < 4.78 is 45.9. The van der Waals surface area contributed by atoms with Gasteiger partial charge in [0.05, 0.1) is 25.7 Å². The van der Waals surface area contributed by atoms with Gasteiger partial charge in [-0.2, -0.15) is 5.90 Å². The summed E-state index contributed by atoms with van der Waals surface area (Å²) in [7, 11) is 0. The second kappa shape index (κ2) is 80.5. The number of nitrogens with one attached hydrogen (secondary N) is 6. The maximum atomic E-state index is 12.2. The zero-order chi connectivity index (χ0) is 101. The number of benzene rings is 4. The van der Waals surface area contributed by atoms with Gasteiger partial charge in [0.2, 0.25) is 0 Å². The number of hydrogen-bond acceptors (Lipinski definition) is 31. The third-order valence-corrected chi connectivity index (χ3v) is 16.0. The normalized spacial score (nSPS) is 10.8. The Morgan fingerprint density at radius 1 is 0.326 bits per heavy atom. The lowest BCUT2D eigenvalue weighted by Crippen LogP contribution is -2.42. The molecule has 4 aromatic rings. The second-order valence-corrected chi connectivity index (χ2v) is 34.4. The maximum Gasteiger partial charge on any atom is 0.528 e. The maximum absolute atomic E-state index is 12.2. The van der Waals surface area contributed by atoms with Crippen LogP contribution in [0.15, 0.2) is 134 Å². The SMILES string of the molecule is C=CC(=O)OCc1ccccc1.CC(C)(C)OC(=O)NCCN(CCNC(=O)OC(C)(C)C)CCC(=O)OCc1ccccc1.CC(C)(C)OC(=O)NCCNCCNC(=O)OC(C)(C)C.CC(C)(C)OC(=O)ON.CCCN(CCC)CCC(=O)O.CCCN(CCC)CCC(=O)OCc1ccccc1.NCCN(CCN)CCC(=O)OCc1ccccc1.NCCNCCN. The van der Waals surface area contributed by atoms with Gasteiger partial charge in [-0.15, -0.1) is 0 Å². The van der Waals surface area contributed by atoms with Crippen LogP contribution in [0.25, 0.3) is 0 Å². The first kappa shape index (κ1) is 128. The Hall–Kier alpha value is -10.1. The summed E-state index contributed by atoms with van der Waals surface area (Å²) in [5.41, 5.74) is 22.6. The first-order chi connectivity index (χ1) is 62.2. The van der Waals surface area contributed by atoms with Gasteiger partial charge in [0, 0.05) is 137 Å². The second-order valence-electron chi connectivity index (χ2n) is 34.4. The van der Waals surface area contributed by atoms with Crippen LogP contribution in [0, 0.1) is 0 Å². The summed E-state index contributed by atoms with van der Waals surface area (Å²) >= 11 is 0. The number of aliphatic carboxylic acids is 1. The number of carbonyl (C=O) groups excluding carboxylic acids is 9. The van der Waals surface area contributed by atoms with E-state index in [4.69, 9.17) is 65.9 Å². The Balaban J connectivity index is -0.000000739. The summed E-state index contributed by atoms with van der Waals surface area (Å²) in [5.74, 6) is 2.80. The minimum Gasteiger partial charge on any atom is -0.481 e. The Morgan fingerprint density at radius 3 is 0.811 bits per heavy atom. The molecule has 36 nitrogen and oxygen atoms in total. The van der Waals surface area contributed by atoms with Crippen molar-refractivity contribution in [1.82, 2.24) is 51.5 Å². The number of carboxylic acid groups (broad SMARTS) is 1. The average Bonchev–Trinajstić information content (AvgIpc) is 0.936. The van der Waals surface area contributed by atoms with Crippen LogP contribution in [-0.2, 0) is 97.9 Å². The van der Waals surface area contributed by atoms with Crippen molar-refractivity contribution in [2.24, 2.45) is 28.8 Å². The molecule has 0 radical (unpaired) electrons. The van der Waals surface area contributed by atoms with Gasteiger partial charge in [0.1, 0.15) is 54.4 Å². The fourth-order valence-electron chi connectivity index (χ4n) is 10.3. The first-order valence-electron chi connectivity index (χ1n) is 45.5. The molecule has 4 aromatic carbocycles. The first-order valence-corrected chi connectivity index (χ1v) is 45.5. The van der Waals surface area contributed by atoms with E-state index in [1.54, 1.807) is 62.3 Å². The predicted octanol–water partition coefficient (Wildman–Crippen LogP) is 11.5. The predicted molar refractivity (Wildman–Crippen MR) is 519 cm³/mol. The van der Waals surface area contributed by atoms with Gasteiger partial charge in [0.25, 0.3) is 0 Å². The number of nitrogens with zero attached hydrogens (tertiary/aromatic N) is 4. The number of rotatable bonds is 49. The Bertz CT molecular complexity index is 3430. The van der Waals surface area contributed by atoms with Crippen molar-refractivity contribution in [2.45, 2.75) is 237 Å². The Labute approximate surface area is 788 Å². The molecule has 754 valence electrons. The summed E-state index contributed by atoms with van der Waals surface area (Å²) in [6.45, 7) is 56.1. The minimum atomic E-state index is -0.859. The Morgan fingerprint density at radius 2 is 0.576 bits per heavy atom. The molecule has 0 aliphatic heterocycles. The number of esters is 4. The zero-order valence-corrected chi connectivity index (χ0v) is 83.1. The molecule has 0 aliphatic rings. The van der Waals surface area contributed by atoms with E-state index in [0.29, 0.717) is 131 Å². The lowest BCUT2D eigenvalue weighted by Gasteiger charge is -2.24. The highest BCUT2D eigenvalue weighted by Crippen LogP contribution is 2.13. The van der Waals surface area contributed by atoms with E-state index in [1.165, 1.54) is 0 Å². The van der Waals surface area contributed by atoms with Gasteiger partial charge >= 0.3 is 60.4 Å². The van der Waals surface area contributed by atoms with Crippen molar-refractivity contribution in [3.63, 3.8) is 0 Å². The molecule has 36 heteroatoms. The number of carbonyl (C=O) groups is 10. The van der Waals surface area contributed by atoms with Crippen LogP contribution >= 0.6 is 0 Å². The van der Waals surface area contributed by atoms with Crippen LogP contribution in [-0.4, -0.2) is 270 Å². The lowest BCUT2D eigenvalue weighted by atomic mass is 10.2. The van der Waals surface area contributed by atoms with Crippen molar-refractivity contribution in [3.8, 4) is 0 Å². The van der Waals surface area contributed by atoms with Crippen LogP contribution in [0.3, 0.4) is 0 Å². The largest absolute Gasteiger partial charge is 0.528 e. The minimum absolute atomic E-state index is 0.110. The monoisotopic (exact) mass is 1870 g/mol. The van der Waals surface area contributed by atoms with Gasteiger partial charge in [-0.1, -0.05) is 156 Å². The third kappa shape index (κ3) is 93.1. The number of hydrogen-bond donors (Lipinski definition) is 12. The van der Waals surface area contributed by atoms with E-state index < -0.39 is 64.5 Å². The summed E-state index contributed by atoms with van der Waals surface area (Å²) in [6.07, 6.45) is 4.16. The number of carboxylic acids is 1. The highest BCUT2D eigenvalue weighted by Gasteiger charge is 2.22. The smallest absolute Gasteiger partial charge is 0.481 e. The van der Waals surface area contributed by atoms with Crippen molar-refractivity contribution in [2.75, 3.05) is 157 Å². The van der Waals surface area contributed by atoms with Crippen molar-refractivity contribution in [3.05, 3.63) is 156 Å². The molecular weight excluding hydrogens is 1700 g/mol. The van der Waals surface area contributed by atoms with Crippen LogP contribution in [0.1, 0.15) is 205 Å². The molecule has 0 bridgehead atoms. The van der Waals surface area contributed by atoms with Gasteiger partial charge < -0.3 is 122 Å². The molecule has 0 spiro atoms. The number of amides is 4. The molecule has 4 rings (SSSR count). The van der Waals surface area contributed by atoms with E-state index in [2.05, 4.69) is 96.3 Å². The topological polar surface area (TPSA) is 498 Å². The molecule has 0 aliphatic carbocycles. The van der Waals surface area contributed by atoms with Crippen LogP contribution in [0.5, 0.6) is 0 Å². The average molecular weight is 1870 g/mol. The van der Waals surface area contributed by atoms with Crippen LogP contribution < -0.4 is 60.7 Å². The van der Waals surface area contributed by atoms with Crippen LogP contribution in [0.4, 0.5) is 24.0 Å². The summed E-state index contributed by atoms with van der Waals surface area (Å²) in [4.78, 5) is 125. The highest BCUT2D eigenvalue weighted by molar-refractivity contribution is 5.81. The van der Waals surface area contributed by atoms with Crippen molar-refractivity contribution < 1.29 is 101 Å². The van der Waals surface area contributed by atoms with Crippen molar-refractivity contribution in [1.29, 1.82) is 0 Å².